The molecule has 0 aliphatic heterocycles. The van der Waals surface area contributed by atoms with Crippen molar-refractivity contribution < 1.29 is 4.79 Å². The molecule has 0 saturated carbocycles. The molecule has 0 heterocycles. The topological polar surface area (TPSA) is 58.4 Å². The molecule has 2 atom stereocenters. The Labute approximate surface area is 86.8 Å². The fraction of sp³-hybridized carbons (Fsp3) is 0.900. The third-order valence-electron chi connectivity index (χ3n) is 2.47. The zero-order valence-electron chi connectivity index (χ0n) is 9.87. The minimum absolute atomic E-state index is 0.0614. The highest BCUT2D eigenvalue weighted by Gasteiger charge is 2.17. The summed E-state index contributed by atoms with van der Waals surface area (Å²) < 4.78 is 0. The normalized spacial score (nSPS) is 15.7. The zero-order valence-corrected chi connectivity index (χ0v) is 9.87. The van der Waals surface area contributed by atoms with Gasteiger partial charge in [0.2, 0.25) is 5.91 Å². The second-order valence-corrected chi connectivity index (χ2v) is 4.33. The van der Waals surface area contributed by atoms with Gasteiger partial charge in [-0.1, -0.05) is 13.8 Å². The molecule has 4 nitrogen and oxygen atoms in total. The fourth-order valence-corrected chi connectivity index (χ4v) is 0.851. The molecule has 0 aliphatic rings. The number of carbonyl (C=O) groups is 1. The van der Waals surface area contributed by atoms with E-state index in [1.54, 1.807) is 0 Å². The van der Waals surface area contributed by atoms with Crippen LogP contribution >= 0.6 is 0 Å². The van der Waals surface area contributed by atoms with E-state index >= 15 is 0 Å². The van der Waals surface area contributed by atoms with Gasteiger partial charge in [0.1, 0.15) is 0 Å². The zero-order chi connectivity index (χ0) is 11.3. The third-order valence-corrected chi connectivity index (χ3v) is 2.47. The maximum absolute atomic E-state index is 11.5. The van der Waals surface area contributed by atoms with Gasteiger partial charge < -0.3 is 16.0 Å². The Morgan fingerprint density at radius 1 is 1.36 bits per heavy atom. The van der Waals surface area contributed by atoms with Gasteiger partial charge >= 0.3 is 0 Å². The van der Waals surface area contributed by atoms with Gasteiger partial charge in [-0.05, 0) is 26.9 Å². The highest BCUT2D eigenvalue weighted by molar-refractivity contribution is 5.81. The number of hydrogen-bond acceptors (Lipinski definition) is 3. The van der Waals surface area contributed by atoms with Crippen molar-refractivity contribution in [1.82, 2.24) is 10.2 Å². The van der Waals surface area contributed by atoms with E-state index in [9.17, 15) is 4.79 Å². The first-order valence-corrected chi connectivity index (χ1v) is 5.06. The molecule has 0 aromatic carbocycles. The maximum Gasteiger partial charge on any atom is 0.237 e. The molecule has 0 radical (unpaired) electrons. The van der Waals surface area contributed by atoms with Crippen LogP contribution in [0.1, 0.15) is 20.8 Å². The van der Waals surface area contributed by atoms with E-state index in [1.165, 1.54) is 0 Å². The lowest BCUT2D eigenvalue weighted by Crippen LogP contribution is -2.47. The Morgan fingerprint density at radius 2 is 1.86 bits per heavy atom. The number of likely N-dealkylation sites (N-methyl/N-ethyl adjacent to an activating group) is 1. The standard InChI is InChI=1S/C10H23N3O/c1-7(2)9(11)10(14)12-6-8(3)13(4)5/h7-9H,6,11H2,1-5H3,(H,12,14)/t8?,9-/m1/s1. The van der Waals surface area contributed by atoms with Crippen LogP contribution < -0.4 is 11.1 Å². The van der Waals surface area contributed by atoms with Gasteiger partial charge in [0.15, 0.2) is 0 Å². The molecule has 0 bridgehead atoms. The predicted molar refractivity (Wildman–Crippen MR) is 59.0 cm³/mol. The van der Waals surface area contributed by atoms with Gasteiger partial charge in [-0.15, -0.1) is 0 Å². The Kier molecular flexibility index (Phi) is 5.72. The second kappa shape index (κ2) is 5.98. The van der Waals surface area contributed by atoms with Gasteiger partial charge in [-0.3, -0.25) is 4.79 Å². The molecule has 0 fully saturated rings. The van der Waals surface area contributed by atoms with Gasteiger partial charge in [-0.2, -0.15) is 0 Å². The summed E-state index contributed by atoms with van der Waals surface area (Å²) in [6, 6.07) is -0.0670. The maximum atomic E-state index is 11.5. The smallest absolute Gasteiger partial charge is 0.237 e. The molecule has 0 aliphatic carbocycles. The molecule has 0 aromatic rings. The summed E-state index contributed by atoms with van der Waals surface area (Å²) in [5.74, 6) is 0.123. The molecule has 1 amide bonds. The molecule has 0 spiro atoms. The van der Waals surface area contributed by atoms with Crippen molar-refractivity contribution in [1.29, 1.82) is 0 Å². The van der Waals surface area contributed by atoms with Crippen molar-refractivity contribution in [3.8, 4) is 0 Å². The molecule has 84 valence electrons. The molecule has 0 aromatic heterocycles. The average molecular weight is 201 g/mol. The number of nitrogens with one attached hydrogen (secondary N) is 1. The minimum Gasteiger partial charge on any atom is -0.353 e. The van der Waals surface area contributed by atoms with Crippen molar-refractivity contribution in [2.45, 2.75) is 32.9 Å². The van der Waals surface area contributed by atoms with Crippen LogP contribution in [0.2, 0.25) is 0 Å². The van der Waals surface area contributed by atoms with Crippen LogP contribution in [0.4, 0.5) is 0 Å². The average Bonchev–Trinajstić information content (AvgIpc) is 2.11. The summed E-state index contributed by atoms with van der Waals surface area (Å²) in [4.78, 5) is 13.5. The summed E-state index contributed by atoms with van der Waals surface area (Å²) in [6.45, 7) is 6.59. The molecular weight excluding hydrogens is 178 g/mol. The van der Waals surface area contributed by atoms with Crippen molar-refractivity contribution in [2.75, 3.05) is 20.6 Å². The summed E-state index contributed by atoms with van der Waals surface area (Å²) in [5, 5.41) is 2.84. The van der Waals surface area contributed by atoms with Crippen LogP contribution in [-0.4, -0.2) is 43.5 Å². The summed E-state index contributed by atoms with van der Waals surface area (Å²) in [5.41, 5.74) is 5.70. The van der Waals surface area contributed by atoms with Crippen LogP contribution in [-0.2, 0) is 4.79 Å². The Hall–Kier alpha value is -0.610. The molecular formula is C10H23N3O. The monoisotopic (exact) mass is 201 g/mol. The SMILES string of the molecule is CC(C)[C@@H](N)C(=O)NCC(C)N(C)C. The number of nitrogens with two attached hydrogens (primary N) is 1. The first-order chi connectivity index (χ1) is 6.36. The van der Waals surface area contributed by atoms with Crippen LogP contribution in [0.3, 0.4) is 0 Å². The van der Waals surface area contributed by atoms with Gasteiger partial charge in [0.25, 0.3) is 0 Å². The summed E-state index contributed by atoms with van der Waals surface area (Å²) in [7, 11) is 3.97. The summed E-state index contributed by atoms with van der Waals surface area (Å²) >= 11 is 0. The highest BCUT2D eigenvalue weighted by Crippen LogP contribution is 1.98. The van der Waals surface area contributed by atoms with Gasteiger partial charge in [-0.25, -0.2) is 0 Å². The first-order valence-electron chi connectivity index (χ1n) is 5.06. The minimum atomic E-state index is -0.399. The molecule has 14 heavy (non-hydrogen) atoms. The highest BCUT2D eigenvalue weighted by atomic mass is 16.2. The van der Waals surface area contributed by atoms with E-state index in [0.717, 1.165) is 0 Å². The quantitative estimate of drug-likeness (QED) is 0.660. The van der Waals surface area contributed by atoms with Gasteiger partial charge in [0, 0.05) is 12.6 Å². The molecule has 3 N–H and O–H groups in total. The molecule has 1 unspecified atom stereocenters. The van der Waals surface area contributed by atoms with Crippen molar-refractivity contribution in [2.24, 2.45) is 11.7 Å². The Morgan fingerprint density at radius 3 is 2.21 bits per heavy atom. The van der Waals surface area contributed by atoms with Crippen LogP contribution in [0.15, 0.2) is 0 Å². The first kappa shape index (κ1) is 13.4. The number of carbonyl (C=O) groups excluding carboxylic acids is 1. The van der Waals surface area contributed by atoms with Crippen LogP contribution in [0.25, 0.3) is 0 Å². The van der Waals surface area contributed by atoms with Crippen molar-refractivity contribution >= 4 is 5.91 Å². The Bertz CT molecular complexity index is 180. The lowest BCUT2D eigenvalue weighted by atomic mass is 10.1. The van der Waals surface area contributed by atoms with E-state index in [4.69, 9.17) is 5.73 Å². The van der Waals surface area contributed by atoms with Gasteiger partial charge in [0.05, 0.1) is 6.04 Å². The van der Waals surface area contributed by atoms with Crippen molar-refractivity contribution in [3.05, 3.63) is 0 Å². The van der Waals surface area contributed by atoms with Crippen LogP contribution in [0, 0.1) is 5.92 Å². The lowest BCUT2D eigenvalue weighted by molar-refractivity contribution is -0.123. The summed E-state index contributed by atoms with van der Waals surface area (Å²) in [6.07, 6.45) is 0. The molecule has 0 rings (SSSR count). The van der Waals surface area contributed by atoms with E-state index in [-0.39, 0.29) is 11.8 Å². The van der Waals surface area contributed by atoms with E-state index < -0.39 is 6.04 Å². The molecule has 0 saturated heterocycles. The number of hydrogen-bond donors (Lipinski definition) is 2. The van der Waals surface area contributed by atoms with Crippen molar-refractivity contribution in [3.63, 3.8) is 0 Å². The van der Waals surface area contributed by atoms with Crippen LogP contribution in [0.5, 0.6) is 0 Å². The fourth-order valence-electron chi connectivity index (χ4n) is 0.851. The predicted octanol–water partition coefficient (Wildman–Crippen LogP) is 0.0360. The van der Waals surface area contributed by atoms with E-state index in [1.807, 2.05) is 27.9 Å². The Balaban J connectivity index is 3.85. The van der Waals surface area contributed by atoms with E-state index in [2.05, 4.69) is 17.1 Å². The lowest BCUT2D eigenvalue weighted by Gasteiger charge is -2.22. The number of rotatable bonds is 5. The second-order valence-electron chi connectivity index (χ2n) is 4.33. The molecule has 4 heteroatoms. The number of amides is 1. The largest absolute Gasteiger partial charge is 0.353 e. The third kappa shape index (κ3) is 4.58. The van der Waals surface area contributed by atoms with E-state index in [0.29, 0.717) is 12.6 Å². The number of nitrogens with zero attached hydrogens (tertiary/aromatic N) is 1.